The van der Waals surface area contributed by atoms with Gasteiger partial charge in [-0.2, -0.15) is 0 Å². The lowest BCUT2D eigenvalue weighted by atomic mass is 9.97. The Hall–Kier alpha value is -1.97. The minimum absolute atomic E-state index is 0.242. The summed E-state index contributed by atoms with van der Waals surface area (Å²) in [5, 5.41) is 0. The van der Waals surface area contributed by atoms with E-state index >= 15 is 0 Å². The Bertz CT molecular complexity index is 536. The number of cyclic esters (lactones) is 1. The lowest BCUT2D eigenvalue weighted by Crippen LogP contribution is -2.21. The van der Waals surface area contributed by atoms with Crippen molar-refractivity contribution in [1.29, 1.82) is 0 Å². The summed E-state index contributed by atoms with van der Waals surface area (Å²) in [7, 11) is 0. The highest BCUT2D eigenvalue weighted by Gasteiger charge is 2.31. The lowest BCUT2D eigenvalue weighted by molar-refractivity contribution is -0.130. The van der Waals surface area contributed by atoms with E-state index in [1.807, 2.05) is 20.8 Å². The Labute approximate surface area is 105 Å². The SMILES string of the molecule is CC(C)(C)C1=N/C(=C\c2ccc(F)cc2)C(=O)O1. The Morgan fingerprint density at radius 1 is 1.22 bits per heavy atom. The molecule has 1 heterocycles. The molecular formula is C14H14FNO2. The highest BCUT2D eigenvalue weighted by atomic mass is 19.1. The summed E-state index contributed by atoms with van der Waals surface area (Å²) in [6.45, 7) is 5.75. The molecule has 1 aromatic carbocycles. The van der Waals surface area contributed by atoms with Gasteiger partial charge in [0.25, 0.3) is 0 Å². The van der Waals surface area contributed by atoms with Crippen molar-refractivity contribution in [2.75, 3.05) is 0 Å². The molecule has 0 aromatic heterocycles. The van der Waals surface area contributed by atoms with Gasteiger partial charge in [0.05, 0.1) is 0 Å². The molecule has 0 aliphatic carbocycles. The summed E-state index contributed by atoms with van der Waals surface area (Å²) in [6, 6.07) is 5.84. The van der Waals surface area contributed by atoms with Crippen molar-refractivity contribution in [2.45, 2.75) is 20.8 Å². The number of hydrogen-bond donors (Lipinski definition) is 0. The maximum Gasteiger partial charge on any atom is 0.363 e. The molecule has 0 fully saturated rings. The van der Waals surface area contributed by atoms with E-state index in [1.165, 1.54) is 12.1 Å². The molecule has 1 aliphatic heterocycles. The number of aliphatic imine (C=N–C) groups is 1. The van der Waals surface area contributed by atoms with E-state index in [9.17, 15) is 9.18 Å². The first kappa shape index (κ1) is 12.5. The molecule has 0 unspecified atom stereocenters. The van der Waals surface area contributed by atoms with Gasteiger partial charge < -0.3 is 4.74 Å². The average Bonchev–Trinajstić information content (AvgIpc) is 2.63. The number of ether oxygens (including phenoxy) is 1. The van der Waals surface area contributed by atoms with Crippen LogP contribution in [0.4, 0.5) is 4.39 Å². The molecule has 0 spiro atoms. The fourth-order valence-electron chi connectivity index (χ4n) is 1.45. The molecule has 3 nitrogen and oxygen atoms in total. The lowest BCUT2D eigenvalue weighted by Gasteiger charge is -2.15. The fourth-order valence-corrected chi connectivity index (χ4v) is 1.45. The van der Waals surface area contributed by atoms with Gasteiger partial charge in [-0.15, -0.1) is 0 Å². The van der Waals surface area contributed by atoms with Gasteiger partial charge in [-0.25, -0.2) is 14.2 Å². The number of esters is 1. The molecule has 0 amide bonds. The second-order valence-corrected chi connectivity index (χ2v) is 5.14. The molecule has 0 bridgehead atoms. The molecule has 0 saturated heterocycles. The number of rotatable bonds is 1. The summed E-state index contributed by atoms with van der Waals surface area (Å²) in [5.74, 6) is -0.379. The Morgan fingerprint density at radius 2 is 1.83 bits per heavy atom. The van der Waals surface area contributed by atoms with Crippen LogP contribution in [0.2, 0.25) is 0 Å². The summed E-state index contributed by atoms with van der Waals surface area (Å²) in [4.78, 5) is 15.8. The Morgan fingerprint density at radius 3 is 2.33 bits per heavy atom. The quantitative estimate of drug-likeness (QED) is 0.564. The molecule has 1 aliphatic rings. The summed E-state index contributed by atoms with van der Waals surface area (Å²) in [5.41, 5.74) is 0.641. The molecule has 4 heteroatoms. The van der Waals surface area contributed by atoms with Crippen LogP contribution >= 0.6 is 0 Å². The van der Waals surface area contributed by atoms with Crippen molar-refractivity contribution >= 4 is 17.9 Å². The van der Waals surface area contributed by atoms with E-state index in [1.54, 1.807) is 18.2 Å². The molecule has 0 radical (unpaired) electrons. The van der Waals surface area contributed by atoms with E-state index < -0.39 is 5.97 Å². The van der Waals surface area contributed by atoms with Crippen LogP contribution in [-0.2, 0) is 9.53 Å². The van der Waals surface area contributed by atoms with Gasteiger partial charge in [0.2, 0.25) is 5.90 Å². The first-order valence-electron chi connectivity index (χ1n) is 5.65. The number of halogens is 1. The largest absolute Gasteiger partial charge is 0.406 e. The third-order valence-corrected chi connectivity index (χ3v) is 2.44. The van der Waals surface area contributed by atoms with Crippen molar-refractivity contribution in [2.24, 2.45) is 10.4 Å². The van der Waals surface area contributed by atoms with Crippen LogP contribution in [-0.4, -0.2) is 11.9 Å². The second kappa shape index (κ2) is 4.37. The average molecular weight is 247 g/mol. The monoisotopic (exact) mass is 247 g/mol. The molecule has 0 saturated carbocycles. The van der Waals surface area contributed by atoms with Gasteiger partial charge in [0.15, 0.2) is 5.70 Å². The van der Waals surface area contributed by atoms with Gasteiger partial charge in [0.1, 0.15) is 5.82 Å². The first-order chi connectivity index (χ1) is 8.36. The van der Waals surface area contributed by atoms with Crippen LogP contribution in [0.1, 0.15) is 26.3 Å². The Kier molecular flexibility index (Phi) is 3.03. The molecule has 2 rings (SSSR count). The van der Waals surface area contributed by atoms with Crippen molar-refractivity contribution < 1.29 is 13.9 Å². The number of carbonyl (C=O) groups excluding carboxylic acids is 1. The van der Waals surface area contributed by atoms with Crippen LogP contribution in [0.3, 0.4) is 0 Å². The third kappa shape index (κ3) is 2.64. The highest BCUT2D eigenvalue weighted by molar-refractivity contribution is 6.08. The number of benzene rings is 1. The zero-order valence-electron chi connectivity index (χ0n) is 10.5. The maximum atomic E-state index is 12.8. The predicted molar refractivity (Wildman–Crippen MR) is 67.4 cm³/mol. The zero-order valence-corrected chi connectivity index (χ0v) is 10.5. The number of hydrogen-bond acceptors (Lipinski definition) is 3. The van der Waals surface area contributed by atoms with Crippen LogP contribution in [0.25, 0.3) is 6.08 Å². The molecular weight excluding hydrogens is 233 g/mol. The molecule has 18 heavy (non-hydrogen) atoms. The van der Waals surface area contributed by atoms with Crippen LogP contribution in [0, 0.1) is 11.2 Å². The predicted octanol–water partition coefficient (Wildman–Crippen LogP) is 3.17. The van der Waals surface area contributed by atoms with E-state index in [0.717, 1.165) is 0 Å². The summed E-state index contributed by atoms with van der Waals surface area (Å²) >= 11 is 0. The van der Waals surface area contributed by atoms with Gasteiger partial charge in [-0.1, -0.05) is 32.9 Å². The summed E-state index contributed by atoms with van der Waals surface area (Å²) < 4.78 is 17.9. The van der Waals surface area contributed by atoms with Gasteiger partial charge in [-0.05, 0) is 23.8 Å². The molecule has 0 atom stereocenters. The number of nitrogens with zero attached hydrogens (tertiary/aromatic N) is 1. The molecule has 0 N–H and O–H groups in total. The van der Waals surface area contributed by atoms with E-state index in [2.05, 4.69) is 4.99 Å². The van der Waals surface area contributed by atoms with Crippen molar-refractivity contribution in [3.8, 4) is 0 Å². The van der Waals surface area contributed by atoms with E-state index in [0.29, 0.717) is 11.5 Å². The zero-order chi connectivity index (χ0) is 13.3. The topological polar surface area (TPSA) is 38.7 Å². The van der Waals surface area contributed by atoms with Gasteiger partial charge in [-0.3, -0.25) is 0 Å². The van der Waals surface area contributed by atoms with Crippen molar-refractivity contribution in [3.05, 3.63) is 41.3 Å². The highest BCUT2D eigenvalue weighted by Crippen LogP contribution is 2.25. The summed E-state index contributed by atoms with van der Waals surface area (Å²) in [6.07, 6.45) is 1.58. The minimum atomic E-state index is -0.468. The standard InChI is InChI=1S/C14H14FNO2/c1-14(2,3)13-16-11(12(17)18-13)8-9-4-6-10(15)7-5-9/h4-8H,1-3H3/b11-8-. The van der Waals surface area contributed by atoms with Crippen molar-refractivity contribution in [1.82, 2.24) is 0 Å². The fraction of sp³-hybridized carbons (Fsp3) is 0.286. The van der Waals surface area contributed by atoms with E-state index in [-0.39, 0.29) is 16.9 Å². The minimum Gasteiger partial charge on any atom is -0.406 e. The third-order valence-electron chi connectivity index (χ3n) is 2.44. The second-order valence-electron chi connectivity index (χ2n) is 5.14. The Balaban J connectivity index is 2.31. The first-order valence-corrected chi connectivity index (χ1v) is 5.65. The van der Waals surface area contributed by atoms with Crippen molar-refractivity contribution in [3.63, 3.8) is 0 Å². The van der Waals surface area contributed by atoms with Crippen LogP contribution < -0.4 is 0 Å². The maximum absolute atomic E-state index is 12.8. The van der Waals surface area contributed by atoms with Gasteiger partial charge in [0, 0.05) is 5.41 Å². The normalized spacial score (nSPS) is 17.9. The van der Waals surface area contributed by atoms with E-state index in [4.69, 9.17) is 4.74 Å². The van der Waals surface area contributed by atoms with Gasteiger partial charge >= 0.3 is 5.97 Å². The molecule has 94 valence electrons. The number of carbonyl (C=O) groups is 1. The van der Waals surface area contributed by atoms with Crippen LogP contribution in [0.5, 0.6) is 0 Å². The smallest absolute Gasteiger partial charge is 0.363 e. The van der Waals surface area contributed by atoms with Crippen LogP contribution in [0.15, 0.2) is 35.0 Å². The molecule has 1 aromatic rings.